The molecule has 0 aromatic rings. The van der Waals surface area contributed by atoms with Crippen LogP contribution in [0.25, 0.3) is 0 Å². The number of hydrogen-bond donors (Lipinski definition) is 1. The van der Waals surface area contributed by atoms with Crippen molar-refractivity contribution in [1.82, 2.24) is 4.90 Å². The number of nitrogens with zero attached hydrogens (tertiary/aromatic N) is 1. The van der Waals surface area contributed by atoms with E-state index in [1.165, 1.54) is 4.90 Å². The maximum absolute atomic E-state index is 12.4. The van der Waals surface area contributed by atoms with Crippen LogP contribution in [0, 0.1) is 11.8 Å². The first-order valence-electron chi connectivity index (χ1n) is 8.68. The van der Waals surface area contributed by atoms with E-state index in [0.717, 1.165) is 51.4 Å². The molecule has 3 unspecified atom stereocenters. The third-order valence-corrected chi connectivity index (χ3v) is 5.44. The molecule has 0 aliphatic heterocycles. The Bertz CT molecular complexity index is 458. The van der Waals surface area contributed by atoms with Crippen molar-refractivity contribution in [3.63, 3.8) is 0 Å². The summed E-state index contributed by atoms with van der Waals surface area (Å²) in [6, 6.07) is -0.772. The lowest BCUT2D eigenvalue weighted by Gasteiger charge is -2.30. The van der Waals surface area contributed by atoms with Crippen LogP contribution in [-0.4, -0.2) is 40.8 Å². The Kier molecular flexibility index (Phi) is 5.71. The van der Waals surface area contributed by atoms with E-state index in [0.29, 0.717) is 5.92 Å². The van der Waals surface area contributed by atoms with Gasteiger partial charge < -0.3 is 9.84 Å². The van der Waals surface area contributed by atoms with Crippen LogP contribution in [0.3, 0.4) is 0 Å². The van der Waals surface area contributed by atoms with Crippen molar-refractivity contribution in [2.24, 2.45) is 11.8 Å². The second kappa shape index (κ2) is 7.37. The lowest BCUT2D eigenvalue weighted by atomic mass is 9.97. The fraction of sp³-hybridized carbons (Fsp3) is 0.778. The van der Waals surface area contributed by atoms with Crippen molar-refractivity contribution in [2.75, 3.05) is 7.05 Å². The van der Waals surface area contributed by atoms with Gasteiger partial charge in [0.15, 0.2) is 0 Å². The molecule has 0 radical (unpaired) electrons. The van der Waals surface area contributed by atoms with Gasteiger partial charge in [-0.05, 0) is 51.4 Å². The molecule has 0 aromatic carbocycles. The summed E-state index contributed by atoms with van der Waals surface area (Å²) in [6.07, 6.45) is 9.14. The summed E-state index contributed by atoms with van der Waals surface area (Å²) in [5, 5.41) is 9.50. The third-order valence-electron chi connectivity index (χ3n) is 5.44. The number of likely N-dealkylation sites (N-methyl/N-ethyl adjacent to an activating group) is 1. The quantitative estimate of drug-likeness (QED) is 0.544. The minimum atomic E-state index is -0.931. The van der Waals surface area contributed by atoms with Crippen LogP contribution in [0.15, 0.2) is 12.7 Å². The fourth-order valence-corrected chi connectivity index (χ4v) is 3.81. The second-order valence-electron chi connectivity index (χ2n) is 7.24. The monoisotopic (exact) mass is 323 g/mol. The SMILES string of the molecule is C=CCCCC1CC1(C)OC(=O)N(C)C(C(=O)O)C1CCCC1. The number of carbonyl (C=O) groups excluding carboxylic acids is 1. The number of allylic oxidation sites excluding steroid dienone is 1. The maximum atomic E-state index is 12.4. The Morgan fingerprint density at radius 3 is 2.65 bits per heavy atom. The van der Waals surface area contributed by atoms with Gasteiger partial charge in [0.05, 0.1) is 0 Å². The number of aliphatic carboxylic acids is 1. The molecule has 0 spiro atoms. The summed E-state index contributed by atoms with van der Waals surface area (Å²) >= 11 is 0. The number of carboxylic acid groups (broad SMARTS) is 1. The van der Waals surface area contributed by atoms with Crippen molar-refractivity contribution in [3.8, 4) is 0 Å². The molecular formula is C18H29NO4. The maximum Gasteiger partial charge on any atom is 0.410 e. The summed E-state index contributed by atoms with van der Waals surface area (Å²) in [4.78, 5) is 25.3. The minimum Gasteiger partial charge on any atom is -0.480 e. The first kappa shape index (κ1) is 17.8. The Morgan fingerprint density at radius 1 is 1.43 bits per heavy atom. The molecule has 5 heteroatoms. The van der Waals surface area contributed by atoms with Gasteiger partial charge >= 0.3 is 12.1 Å². The van der Waals surface area contributed by atoms with E-state index < -0.39 is 23.7 Å². The van der Waals surface area contributed by atoms with Crippen LogP contribution in [0.2, 0.25) is 0 Å². The number of unbranched alkanes of at least 4 members (excludes halogenated alkanes) is 1. The van der Waals surface area contributed by atoms with E-state index in [2.05, 4.69) is 6.58 Å². The van der Waals surface area contributed by atoms with Crippen molar-refractivity contribution in [1.29, 1.82) is 0 Å². The molecule has 1 N–H and O–H groups in total. The number of amides is 1. The molecular weight excluding hydrogens is 294 g/mol. The van der Waals surface area contributed by atoms with Gasteiger partial charge in [-0.1, -0.05) is 18.9 Å². The number of carboxylic acids is 1. The lowest BCUT2D eigenvalue weighted by Crippen LogP contribution is -2.47. The fourth-order valence-electron chi connectivity index (χ4n) is 3.81. The van der Waals surface area contributed by atoms with Gasteiger partial charge in [0.1, 0.15) is 11.6 Å². The molecule has 0 bridgehead atoms. The van der Waals surface area contributed by atoms with Gasteiger partial charge in [-0.3, -0.25) is 4.90 Å². The van der Waals surface area contributed by atoms with E-state index in [-0.39, 0.29) is 5.92 Å². The van der Waals surface area contributed by atoms with Crippen LogP contribution >= 0.6 is 0 Å². The van der Waals surface area contributed by atoms with Crippen LogP contribution in [0.5, 0.6) is 0 Å². The standard InChI is InChI=1S/C18H29NO4/c1-4-5-6-11-14-12-18(14,2)23-17(22)19(3)15(16(20)21)13-9-7-8-10-13/h4,13-15H,1,5-12H2,2-3H3,(H,20,21). The van der Waals surface area contributed by atoms with Gasteiger partial charge in [-0.15, -0.1) is 6.58 Å². The Morgan fingerprint density at radius 2 is 2.09 bits per heavy atom. The third kappa shape index (κ3) is 4.27. The highest BCUT2D eigenvalue weighted by molar-refractivity contribution is 5.80. The van der Waals surface area contributed by atoms with Crippen LogP contribution in [0.1, 0.15) is 58.3 Å². The van der Waals surface area contributed by atoms with Gasteiger partial charge in [0.2, 0.25) is 0 Å². The van der Waals surface area contributed by atoms with Gasteiger partial charge in [-0.2, -0.15) is 0 Å². The number of carbonyl (C=O) groups is 2. The average Bonchev–Trinajstić information content (AvgIpc) is 2.89. The van der Waals surface area contributed by atoms with Crippen molar-refractivity contribution in [2.45, 2.75) is 69.9 Å². The van der Waals surface area contributed by atoms with E-state index in [1.807, 2.05) is 13.0 Å². The molecule has 0 saturated heterocycles. The Balaban J connectivity index is 1.88. The van der Waals surface area contributed by atoms with Gasteiger partial charge in [-0.25, -0.2) is 9.59 Å². The first-order valence-corrected chi connectivity index (χ1v) is 8.68. The highest BCUT2D eigenvalue weighted by Crippen LogP contribution is 2.50. The minimum absolute atomic E-state index is 0.0421. The summed E-state index contributed by atoms with van der Waals surface area (Å²) in [6.45, 7) is 5.66. The Labute approximate surface area is 138 Å². The molecule has 0 aromatic heterocycles. The van der Waals surface area contributed by atoms with Gasteiger partial charge in [0, 0.05) is 13.0 Å². The van der Waals surface area contributed by atoms with E-state index in [1.54, 1.807) is 7.05 Å². The highest BCUT2D eigenvalue weighted by atomic mass is 16.6. The van der Waals surface area contributed by atoms with Crippen LogP contribution < -0.4 is 0 Å². The molecule has 0 heterocycles. The van der Waals surface area contributed by atoms with Gasteiger partial charge in [0.25, 0.3) is 0 Å². The summed E-state index contributed by atoms with van der Waals surface area (Å²) in [5.74, 6) is -0.505. The van der Waals surface area contributed by atoms with E-state index in [4.69, 9.17) is 4.74 Å². The van der Waals surface area contributed by atoms with Crippen LogP contribution in [-0.2, 0) is 9.53 Å². The smallest absolute Gasteiger partial charge is 0.410 e. The first-order chi connectivity index (χ1) is 10.9. The summed E-state index contributed by atoms with van der Waals surface area (Å²) < 4.78 is 5.64. The summed E-state index contributed by atoms with van der Waals surface area (Å²) in [5.41, 5.74) is -0.425. The summed E-state index contributed by atoms with van der Waals surface area (Å²) in [7, 11) is 1.55. The number of ether oxygens (including phenoxy) is 1. The van der Waals surface area contributed by atoms with Crippen molar-refractivity contribution < 1.29 is 19.4 Å². The predicted octanol–water partition coefficient (Wildman–Crippen LogP) is 3.83. The normalized spacial score (nSPS) is 28.2. The van der Waals surface area contributed by atoms with Crippen molar-refractivity contribution >= 4 is 12.1 Å². The molecule has 2 aliphatic rings. The molecule has 2 rings (SSSR count). The Hall–Kier alpha value is -1.52. The molecule has 130 valence electrons. The molecule has 2 saturated carbocycles. The zero-order valence-corrected chi connectivity index (χ0v) is 14.3. The number of hydrogen-bond acceptors (Lipinski definition) is 3. The van der Waals surface area contributed by atoms with Crippen LogP contribution in [0.4, 0.5) is 4.79 Å². The molecule has 3 atom stereocenters. The molecule has 1 amide bonds. The van der Waals surface area contributed by atoms with E-state index >= 15 is 0 Å². The lowest BCUT2D eigenvalue weighted by molar-refractivity contribution is -0.144. The highest BCUT2D eigenvalue weighted by Gasteiger charge is 2.54. The largest absolute Gasteiger partial charge is 0.480 e. The zero-order chi connectivity index (χ0) is 17.0. The topological polar surface area (TPSA) is 66.8 Å². The molecule has 2 fully saturated rings. The molecule has 23 heavy (non-hydrogen) atoms. The number of rotatable bonds is 8. The van der Waals surface area contributed by atoms with Crippen molar-refractivity contribution in [3.05, 3.63) is 12.7 Å². The second-order valence-corrected chi connectivity index (χ2v) is 7.24. The van der Waals surface area contributed by atoms with E-state index in [9.17, 15) is 14.7 Å². The predicted molar refractivity (Wildman–Crippen MR) is 88.2 cm³/mol. The molecule has 2 aliphatic carbocycles. The molecule has 5 nitrogen and oxygen atoms in total. The zero-order valence-electron chi connectivity index (χ0n) is 14.3. The average molecular weight is 323 g/mol.